The third-order valence-corrected chi connectivity index (χ3v) is 6.60. The van der Waals surface area contributed by atoms with Crippen LogP contribution in [0.25, 0.3) is 10.6 Å². The standard InChI is InChI=1S/C32H50N4O6.2Rb/c1-5-10-26(29(38)6-2)11-7-8-17-34-30(39)12-9-19-42-20-18-35-31(40)23-32(41)36-27-15-13-25(14-16-27)22-28(37)21-24(3)33-4;;/h13-16,21,26H,5-12,17-20,22-23H2,1-4H3,(H4,33,34,35,36,37,39,40,41);;/q;2*+1/p-2. The predicted octanol–water partition coefficient (Wildman–Crippen LogP) is -0.770. The van der Waals surface area contributed by atoms with Crippen molar-refractivity contribution in [1.29, 1.82) is 0 Å². The van der Waals surface area contributed by atoms with Crippen LogP contribution in [0.1, 0.15) is 84.1 Å². The molecule has 0 saturated heterocycles. The number of amides is 3. The van der Waals surface area contributed by atoms with Crippen molar-refractivity contribution in [3.63, 3.8) is 0 Å². The molecule has 0 aromatic heterocycles. The maximum atomic E-state index is 12.1. The molecule has 0 spiro atoms. The minimum atomic E-state index is -0.595. The van der Waals surface area contributed by atoms with Crippen LogP contribution in [0.15, 0.2) is 36.0 Å². The van der Waals surface area contributed by atoms with Crippen LogP contribution in [-0.2, 0) is 35.1 Å². The number of ketones is 2. The van der Waals surface area contributed by atoms with E-state index < -0.39 is 18.2 Å². The zero-order chi connectivity index (χ0) is 31.2. The van der Waals surface area contributed by atoms with Crippen LogP contribution in [0, 0.1) is 5.92 Å². The summed E-state index contributed by atoms with van der Waals surface area (Å²) in [4.78, 5) is 59.9. The Labute approximate surface area is 361 Å². The summed E-state index contributed by atoms with van der Waals surface area (Å²) >= 11 is 0. The van der Waals surface area contributed by atoms with E-state index in [9.17, 15) is 24.0 Å². The fraction of sp³-hybridized carbons (Fsp3) is 0.594. The van der Waals surface area contributed by atoms with Gasteiger partial charge in [0.1, 0.15) is 5.78 Å². The van der Waals surface area contributed by atoms with E-state index >= 15 is 0 Å². The van der Waals surface area contributed by atoms with Gasteiger partial charge in [0.25, 0.3) is 0 Å². The van der Waals surface area contributed by atoms with Gasteiger partial charge in [-0.25, -0.2) is 0 Å². The molecule has 0 saturated carbocycles. The Balaban J connectivity index is 0. The molecule has 10 nitrogen and oxygen atoms in total. The second-order valence-corrected chi connectivity index (χ2v) is 10.2. The van der Waals surface area contributed by atoms with Gasteiger partial charge in [-0.1, -0.05) is 51.0 Å². The van der Waals surface area contributed by atoms with Gasteiger partial charge in [-0.2, -0.15) is 0 Å². The molecule has 1 unspecified atom stereocenters. The van der Waals surface area contributed by atoms with Crippen molar-refractivity contribution in [1.82, 2.24) is 10.6 Å². The number of carbonyl (C=O) groups is 5. The fourth-order valence-electron chi connectivity index (χ4n) is 4.23. The van der Waals surface area contributed by atoms with Crippen molar-refractivity contribution >= 4 is 35.0 Å². The smallest absolute Gasteiger partial charge is 0.651 e. The maximum absolute atomic E-state index is 12.1. The number of unbranched alkanes of at least 4 members (excludes halogenated alkanes) is 1. The fourth-order valence-corrected chi connectivity index (χ4v) is 4.23. The molecule has 0 aliphatic carbocycles. The Kier molecular flexibility index (Phi) is 30.7. The molecule has 0 heterocycles. The second-order valence-electron chi connectivity index (χ2n) is 10.2. The van der Waals surface area contributed by atoms with E-state index in [2.05, 4.69) is 28.2 Å². The number of allylic oxidation sites excluding steroid dienone is 2. The summed E-state index contributed by atoms with van der Waals surface area (Å²) in [6.07, 6.45) is 7.44. The van der Waals surface area contributed by atoms with Gasteiger partial charge in [-0.15, -0.1) is 12.2 Å². The quantitative estimate of drug-likeness (QED) is 0.0848. The van der Waals surface area contributed by atoms with Gasteiger partial charge in [-0.3, -0.25) is 14.4 Å². The minimum absolute atomic E-state index is 0. The van der Waals surface area contributed by atoms with E-state index in [0.29, 0.717) is 43.9 Å². The number of hydrogen-bond acceptors (Lipinski definition) is 7. The molecule has 1 aromatic carbocycles. The number of carbonyl (C=O) groups excluding carboxylic acids is 5. The topological polar surface area (TPSA) is 147 Å². The molecule has 3 amide bonds. The van der Waals surface area contributed by atoms with Gasteiger partial charge < -0.3 is 35.6 Å². The number of benzene rings is 1. The van der Waals surface area contributed by atoms with E-state index in [0.717, 1.165) is 43.4 Å². The van der Waals surface area contributed by atoms with Crippen LogP contribution in [-0.4, -0.2) is 62.6 Å². The molecular formula is C32H48N4O6Rb2. The molecule has 1 rings (SSSR count). The molecule has 1 atom stereocenters. The summed E-state index contributed by atoms with van der Waals surface area (Å²) in [5.74, 6) is -0.752. The largest absolute Gasteiger partial charge is 1.00 e. The Morgan fingerprint density at radius 3 is 2.27 bits per heavy atom. The zero-order valence-electron chi connectivity index (χ0n) is 27.7. The van der Waals surface area contributed by atoms with Gasteiger partial charge in [-0.05, 0) is 38.2 Å². The van der Waals surface area contributed by atoms with Crippen LogP contribution in [0.5, 0.6) is 0 Å². The van der Waals surface area contributed by atoms with Crippen molar-refractivity contribution in [3.05, 3.63) is 52.2 Å². The van der Waals surface area contributed by atoms with E-state index in [4.69, 9.17) is 4.74 Å². The van der Waals surface area contributed by atoms with Crippen LogP contribution in [0.2, 0.25) is 0 Å². The van der Waals surface area contributed by atoms with Crippen LogP contribution in [0.3, 0.4) is 0 Å². The van der Waals surface area contributed by atoms with Gasteiger partial charge in [0.2, 0.25) is 5.91 Å². The molecule has 0 aliphatic heterocycles. The van der Waals surface area contributed by atoms with Crippen molar-refractivity contribution in [2.75, 3.05) is 33.4 Å². The summed E-state index contributed by atoms with van der Waals surface area (Å²) < 4.78 is 5.43. The van der Waals surface area contributed by atoms with Crippen LogP contribution >= 0.6 is 0 Å². The van der Waals surface area contributed by atoms with Gasteiger partial charge >= 0.3 is 116 Å². The zero-order valence-corrected chi connectivity index (χ0v) is 37.5. The summed E-state index contributed by atoms with van der Waals surface area (Å²) in [5, 5.41) is 13.5. The summed E-state index contributed by atoms with van der Waals surface area (Å²) in [6.45, 7) is 7.13. The molecule has 44 heavy (non-hydrogen) atoms. The van der Waals surface area contributed by atoms with Crippen molar-refractivity contribution in [3.8, 4) is 0 Å². The minimum Gasteiger partial charge on any atom is -0.651 e. The monoisotopic (exact) mass is 754 g/mol. The number of nitrogens with one attached hydrogen (secondary N) is 2. The van der Waals surface area contributed by atoms with Gasteiger partial charge in [0.05, 0.1) is 11.8 Å². The number of ether oxygens (including phenoxy) is 1. The second kappa shape index (κ2) is 29.2. The predicted molar refractivity (Wildman–Crippen MR) is 164 cm³/mol. The van der Waals surface area contributed by atoms with Crippen LogP contribution in [0.4, 0.5) is 5.69 Å². The molecule has 12 heteroatoms. The van der Waals surface area contributed by atoms with E-state index in [1.165, 1.54) is 6.08 Å². The maximum Gasteiger partial charge on any atom is 1.00 e. The van der Waals surface area contributed by atoms with E-state index in [-0.39, 0.29) is 154 Å². The van der Waals surface area contributed by atoms with Gasteiger partial charge in [0, 0.05) is 70.2 Å². The summed E-state index contributed by atoms with van der Waals surface area (Å²) in [5.41, 5.74) is 1.98. The Hall–Kier alpha value is 0.0804. The van der Waals surface area contributed by atoms with E-state index in [1.54, 1.807) is 31.3 Å². The molecule has 0 bridgehead atoms. The van der Waals surface area contributed by atoms with E-state index in [1.807, 2.05) is 13.8 Å². The molecule has 234 valence electrons. The van der Waals surface area contributed by atoms with Crippen LogP contribution < -0.4 is 127 Å². The number of rotatable bonds is 23. The number of hydrogen-bond donors (Lipinski definition) is 2. The summed E-state index contributed by atoms with van der Waals surface area (Å²) in [6, 6.07) is 6.71. The Morgan fingerprint density at radius 2 is 1.64 bits per heavy atom. The van der Waals surface area contributed by atoms with Crippen molar-refractivity contribution in [2.45, 2.75) is 85.0 Å². The number of Topliss-reactive ketones (excluding diaryl/α,β-unsaturated/α-hetero) is 1. The first-order valence-corrected chi connectivity index (χ1v) is 15.0. The third-order valence-electron chi connectivity index (χ3n) is 6.60. The molecule has 0 fully saturated rings. The molecule has 2 N–H and O–H groups in total. The third kappa shape index (κ3) is 23.4. The molecule has 0 aliphatic rings. The first-order valence-electron chi connectivity index (χ1n) is 15.0. The number of nitrogens with zero attached hydrogens (tertiary/aromatic N) is 2. The summed E-state index contributed by atoms with van der Waals surface area (Å²) in [7, 11) is 1.75. The van der Waals surface area contributed by atoms with Crippen molar-refractivity contribution in [2.24, 2.45) is 5.92 Å². The molecule has 0 radical (unpaired) electrons. The van der Waals surface area contributed by atoms with Gasteiger partial charge in [0.15, 0.2) is 5.78 Å². The average Bonchev–Trinajstić information content (AvgIpc) is 2.96. The first-order chi connectivity index (χ1) is 20.2. The molecular weight excluding hydrogens is 707 g/mol. The molecule has 1 aromatic rings. The SMILES string of the molecule is CCCC(CCCCNC(=O)CCCOCC[N-]C(=O)CC(=O)[N-]c1ccc(CC(=O)/C=C(/C)NC)cc1)C(=O)CC.[Rb+].[Rb+]. The first kappa shape index (κ1) is 46.2. The Morgan fingerprint density at radius 1 is 0.932 bits per heavy atom. The normalized spacial score (nSPS) is 11.3. The Bertz CT molecular complexity index is 1030. The average molecular weight is 756 g/mol. The van der Waals surface area contributed by atoms with Crippen molar-refractivity contribution < 1.29 is 145 Å².